The number of nitrogens with one attached hydrogen (secondary N) is 1. The predicted molar refractivity (Wildman–Crippen MR) is 107 cm³/mol. The van der Waals surface area contributed by atoms with Crippen molar-refractivity contribution in [3.63, 3.8) is 0 Å². The number of nitrogens with zero attached hydrogens (tertiary/aromatic N) is 2. The van der Waals surface area contributed by atoms with Crippen LogP contribution in [0.5, 0.6) is 11.6 Å². The van der Waals surface area contributed by atoms with Crippen molar-refractivity contribution < 1.29 is 23.5 Å². The summed E-state index contributed by atoms with van der Waals surface area (Å²) in [5.41, 5.74) is 0.560. The van der Waals surface area contributed by atoms with E-state index in [2.05, 4.69) is 10.4 Å². The monoisotopic (exact) mass is 435 g/mol. The first-order valence-electron chi connectivity index (χ1n) is 9.72. The number of halogens is 2. The Bertz CT molecular complexity index is 986. The smallest absolute Gasteiger partial charge is 0.258 e. The Morgan fingerprint density at radius 1 is 1.23 bits per heavy atom. The average molecular weight is 436 g/mol. The Balaban J connectivity index is 1.18. The number of hydrogen-bond donors (Lipinski definition) is 1. The number of hydrogen-bond acceptors (Lipinski definition) is 5. The molecule has 0 spiro atoms. The van der Waals surface area contributed by atoms with E-state index in [1.807, 2.05) is 6.92 Å². The van der Waals surface area contributed by atoms with Gasteiger partial charge in [-0.2, -0.15) is 5.10 Å². The van der Waals surface area contributed by atoms with Crippen LogP contribution in [0.15, 0.2) is 24.3 Å². The molecule has 0 aliphatic heterocycles. The van der Waals surface area contributed by atoms with Crippen LogP contribution in [0.1, 0.15) is 31.4 Å². The number of carbonyl (C=O) groups is 2. The van der Waals surface area contributed by atoms with E-state index in [4.69, 9.17) is 21.1 Å². The Morgan fingerprint density at radius 2 is 1.97 bits per heavy atom. The van der Waals surface area contributed by atoms with Gasteiger partial charge in [0.25, 0.3) is 5.91 Å². The van der Waals surface area contributed by atoms with Crippen LogP contribution >= 0.6 is 11.6 Å². The highest BCUT2D eigenvalue weighted by Crippen LogP contribution is 2.68. The molecular formula is C21H23ClFN3O4. The van der Waals surface area contributed by atoms with E-state index in [1.54, 1.807) is 17.8 Å². The number of aryl methyl sites for hydroxylation is 2. The van der Waals surface area contributed by atoms with E-state index in [-0.39, 0.29) is 46.6 Å². The molecule has 2 aromatic rings. The average Bonchev–Trinajstić information content (AvgIpc) is 2.95. The van der Waals surface area contributed by atoms with Crippen LogP contribution in [-0.2, 0) is 16.6 Å². The summed E-state index contributed by atoms with van der Waals surface area (Å²) in [5.74, 6) is 0.00246. The second-order valence-electron chi connectivity index (χ2n) is 8.48. The van der Waals surface area contributed by atoms with Gasteiger partial charge in [-0.15, -0.1) is 0 Å². The van der Waals surface area contributed by atoms with Crippen LogP contribution in [0.3, 0.4) is 0 Å². The summed E-state index contributed by atoms with van der Waals surface area (Å²) in [5, 5.41) is 7.17. The van der Waals surface area contributed by atoms with E-state index < -0.39 is 5.82 Å². The van der Waals surface area contributed by atoms with Crippen molar-refractivity contribution in [2.45, 2.75) is 38.1 Å². The summed E-state index contributed by atoms with van der Waals surface area (Å²) >= 11 is 5.62. The maximum absolute atomic E-state index is 13.4. The van der Waals surface area contributed by atoms with Crippen LogP contribution in [0.2, 0.25) is 5.02 Å². The molecule has 0 saturated heterocycles. The zero-order chi connectivity index (χ0) is 21.5. The molecule has 9 heteroatoms. The van der Waals surface area contributed by atoms with Crippen molar-refractivity contribution >= 4 is 23.3 Å². The molecule has 0 atom stereocenters. The van der Waals surface area contributed by atoms with Gasteiger partial charge in [0.1, 0.15) is 18.2 Å². The molecule has 30 heavy (non-hydrogen) atoms. The number of benzene rings is 1. The molecule has 0 unspecified atom stereocenters. The normalized spacial score (nSPS) is 23.9. The molecule has 2 bridgehead atoms. The Hall–Kier alpha value is -2.61. The lowest BCUT2D eigenvalue weighted by molar-refractivity contribution is -0.173. The summed E-state index contributed by atoms with van der Waals surface area (Å²) in [6.07, 6.45) is 2.77. The third-order valence-corrected chi connectivity index (χ3v) is 6.02. The summed E-state index contributed by atoms with van der Waals surface area (Å²) in [6.45, 7) is 1.68. The Kier molecular flexibility index (Phi) is 5.22. The van der Waals surface area contributed by atoms with E-state index in [9.17, 15) is 14.0 Å². The molecule has 1 amide bonds. The maximum atomic E-state index is 13.4. The maximum Gasteiger partial charge on any atom is 0.258 e. The number of amides is 1. The molecule has 1 heterocycles. The standard InChI is InChI=1S/C21H23ClFN3O4/c1-13-5-19(26(2)25-13)30-8-14(27)7-20-10-21(11-20,12-20)24-18(28)9-29-15-3-4-16(22)17(23)6-15/h3-6H,7-12H2,1-2H3,(H,24,28). The largest absolute Gasteiger partial charge is 0.484 e. The summed E-state index contributed by atoms with van der Waals surface area (Å²) < 4.78 is 25.9. The van der Waals surface area contributed by atoms with Gasteiger partial charge in [-0.1, -0.05) is 11.6 Å². The first-order valence-corrected chi connectivity index (χ1v) is 10.1. The summed E-state index contributed by atoms with van der Waals surface area (Å²) in [7, 11) is 1.77. The number of carbonyl (C=O) groups excluding carboxylic acids is 2. The molecule has 7 nitrogen and oxygen atoms in total. The fourth-order valence-corrected chi connectivity index (χ4v) is 4.83. The summed E-state index contributed by atoms with van der Waals surface area (Å²) in [4.78, 5) is 24.5. The molecular weight excluding hydrogens is 413 g/mol. The van der Waals surface area contributed by atoms with Gasteiger partial charge in [-0.25, -0.2) is 9.07 Å². The zero-order valence-electron chi connectivity index (χ0n) is 16.8. The van der Waals surface area contributed by atoms with Gasteiger partial charge >= 0.3 is 0 Å². The predicted octanol–water partition coefficient (Wildman–Crippen LogP) is 2.98. The number of rotatable bonds is 9. The quantitative estimate of drug-likeness (QED) is 0.654. The molecule has 3 fully saturated rings. The zero-order valence-corrected chi connectivity index (χ0v) is 17.6. The highest BCUT2D eigenvalue weighted by molar-refractivity contribution is 6.30. The van der Waals surface area contributed by atoms with Gasteiger partial charge in [-0.05, 0) is 43.7 Å². The first kappa shape index (κ1) is 20.7. The van der Waals surface area contributed by atoms with Crippen molar-refractivity contribution in [1.82, 2.24) is 15.1 Å². The lowest BCUT2D eigenvalue weighted by Gasteiger charge is -2.70. The third-order valence-electron chi connectivity index (χ3n) is 5.72. The van der Waals surface area contributed by atoms with Crippen molar-refractivity contribution in [3.8, 4) is 11.6 Å². The molecule has 3 saturated carbocycles. The van der Waals surface area contributed by atoms with Gasteiger partial charge in [-0.3, -0.25) is 9.59 Å². The molecule has 1 N–H and O–H groups in total. The highest BCUT2D eigenvalue weighted by Gasteiger charge is 2.68. The van der Waals surface area contributed by atoms with Crippen molar-refractivity contribution in [3.05, 3.63) is 40.8 Å². The van der Waals surface area contributed by atoms with Crippen LogP contribution in [0, 0.1) is 18.2 Å². The van der Waals surface area contributed by atoms with Gasteiger partial charge in [0, 0.05) is 31.1 Å². The Morgan fingerprint density at radius 3 is 2.60 bits per heavy atom. The molecule has 3 aliphatic carbocycles. The second-order valence-corrected chi connectivity index (χ2v) is 8.88. The van der Waals surface area contributed by atoms with E-state index in [0.29, 0.717) is 12.3 Å². The first-order chi connectivity index (χ1) is 14.2. The van der Waals surface area contributed by atoms with Crippen LogP contribution < -0.4 is 14.8 Å². The molecule has 3 aliphatic rings. The van der Waals surface area contributed by atoms with E-state index in [0.717, 1.165) is 31.0 Å². The SMILES string of the molecule is Cc1cc(OCC(=O)CC23CC(NC(=O)COc4ccc(Cl)c(F)c4)(C2)C3)n(C)n1. The van der Waals surface area contributed by atoms with Crippen LogP contribution in [-0.4, -0.2) is 40.2 Å². The fourth-order valence-electron chi connectivity index (χ4n) is 4.71. The highest BCUT2D eigenvalue weighted by atomic mass is 35.5. The van der Waals surface area contributed by atoms with E-state index >= 15 is 0 Å². The van der Waals surface area contributed by atoms with Gasteiger partial charge in [0.05, 0.1) is 10.7 Å². The lowest BCUT2D eigenvalue weighted by Crippen LogP contribution is -2.75. The topological polar surface area (TPSA) is 82.5 Å². The lowest BCUT2D eigenvalue weighted by atomic mass is 9.38. The minimum Gasteiger partial charge on any atom is -0.484 e. The van der Waals surface area contributed by atoms with Crippen LogP contribution in [0.25, 0.3) is 0 Å². The third kappa shape index (κ3) is 4.14. The second kappa shape index (κ2) is 7.58. The fraction of sp³-hybridized carbons (Fsp3) is 0.476. The van der Waals surface area contributed by atoms with Gasteiger partial charge in [0.15, 0.2) is 12.4 Å². The van der Waals surface area contributed by atoms with Crippen LogP contribution in [0.4, 0.5) is 4.39 Å². The van der Waals surface area contributed by atoms with Gasteiger partial charge in [0.2, 0.25) is 5.88 Å². The molecule has 1 aromatic heterocycles. The molecule has 5 rings (SSSR count). The minimum absolute atomic E-state index is 0.00125. The number of Topliss-reactive ketones (excluding diaryl/α,β-unsaturated/α-hetero) is 1. The van der Waals surface area contributed by atoms with Crippen molar-refractivity contribution in [1.29, 1.82) is 0 Å². The van der Waals surface area contributed by atoms with Gasteiger partial charge < -0.3 is 14.8 Å². The summed E-state index contributed by atoms with van der Waals surface area (Å²) in [6, 6.07) is 5.83. The molecule has 1 aromatic carbocycles. The number of ketones is 1. The van der Waals surface area contributed by atoms with Crippen molar-refractivity contribution in [2.24, 2.45) is 12.5 Å². The molecule has 160 valence electrons. The number of aromatic nitrogens is 2. The van der Waals surface area contributed by atoms with E-state index in [1.165, 1.54) is 12.1 Å². The minimum atomic E-state index is -0.594. The molecule has 0 radical (unpaired) electrons. The van der Waals surface area contributed by atoms with Crippen molar-refractivity contribution in [2.75, 3.05) is 13.2 Å². The number of ether oxygens (including phenoxy) is 2. The Labute approximate surface area is 178 Å².